The Kier molecular flexibility index (Phi) is 3.59. The van der Waals surface area contributed by atoms with E-state index in [9.17, 15) is 13.2 Å². The minimum absolute atomic E-state index is 0.121. The maximum Gasteiger partial charge on any atom is 0.258 e. The van der Waals surface area contributed by atoms with Crippen LogP contribution in [-0.4, -0.2) is 24.3 Å². The third-order valence-corrected chi connectivity index (χ3v) is 5.26. The lowest BCUT2D eigenvalue weighted by Gasteiger charge is -2.19. The topological polar surface area (TPSA) is 97.8 Å². The standard InChI is InChI=1S/C17H16N4O3S/c18-25(23,24)14-4-5-15-12(9-14)6-8-20(15)11-13-10-17(22)21-7-2-1-3-16(21)19-13/h1-5,7,9-10H,6,8,11H2,(H2,18,23,24). The number of aromatic nitrogens is 2. The molecule has 2 N–H and O–H groups in total. The molecule has 3 aromatic rings. The maximum absolute atomic E-state index is 12.2. The molecule has 0 amide bonds. The van der Waals surface area contributed by atoms with Crippen molar-refractivity contribution in [1.29, 1.82) is 0 Å². The summed E-state index contributed by atoms with van der Waals surface area (Å²) in [6.07, 6.45) is 2.42. The number of fused-ring (bicyclic) bond motifs is 2. The molecule has 0 unspecified atom stereocenters. The molecule has 4 rings (SSSR count). The van der Waals surface area contributed by atoms with Crippen molar-refractivity contribution in [2.45, 2.75) is 17.9 Å². The number of rotatable bonds is 3. The highest BCUT2D eigenvalue weighted by atomic mass is 32.2. The quantitative estimate of drug-likeness (QED) is 0.752. The predicted octanol–water partition coefficient (Wildman–Crippen LogP) is 0.905. The Bertz CT molecular complexity index is 1140. The molecule has 7 nitrogen and oxygen atoms in total. The third-order valence-electron chi connectivity index (χ3n) is 4.35. The Morgan fingerprint density at radius 3 is 2.80 bits per heavy atom. The van der Waals surface area contributed by atoms with Gasteiger partial charge in [-0.1, -0.05) is 6.07 Å². The third kappa shape index (κ3) is 2.90. The summed E-state index contributed by atoms with van der Waals surface area (Å²) in [4.78, 5) is 18.9. The zero-order valence-electron chi connectivity index (χ0n) is 13.3. The molecule has 0 saturated heterocycles. The molecule has 128 valence electrons. The monoisotopic (exact) mass is 356 g/mol. The second-order valence-electron chi connectivity index (χ2n) is 6.02. The number of nitrogens with two attached hydrogens (primary N) is 1. The molecule has 1 aliphatic rings. The van der Waals surface area contributed by atoms with Crippen LogP contribution in [0.3, 0.4) is 0 Å². The predicted molar refractivity (Wildman–Crippen MR) is 94.0 cm³/mol. The van der Waals surface area contributed by atoms with Crippen LogP contribution in [-0.2, 0) is 23.0 Å². The highest BCUT2D eigenvalue weighted by Gasteiger charge is 2.22. The van der Waals surface area contributed by atoms with Gasteiger partial charge in [0.1, 0.15) is 5.65 Å². The van der Waals surface area contributed by atoms with E-state index in [1.807, 2.05) is 6.07 Å². The second-order valence-corrected chi connectivity index (χ2v) is 7.58. The van der Waals surface area contributed by atoms with Crippen LogP contribution in [0.5, 0.6) is 0 Å². The summed E-state index contributed by atoms with van der Waals surface area (Å²) >= 11 is 0. The molecule has 0 saturated carbocycles. The van der Waals surface area contributed by atoms with Gasteiger partial charge in [-0.3, -0.25) is 9.20 Å². The molecule has 25 heavy (non-hydrogen) atoms. The SMILES string of the molecule is NS(=O)(=O)c1ccc2c(c1)CCN2Cc1cc(=O)n2ccccc2n1. The zero-order chi connectivity index (χ0) is 17.6. The first-order valence-corrected chi connectivity index (χ1v) is 9.34. The summed E-state index contributed by atoms with van der Waals surface area (Å²) in [5.41, 5.74) is 3.05. The van der Waals surface area contributed by atoms with E-state index in [2.05, 4.69) is 9.88 Å². The van der Waals surface area contributed by atoms with Crippen LogP contribution < -0.4 is 15.6 Å². The van der Waals surface area contributed by atoms with E-state index in [4.69, 9.17) is 5.14 Å². The van der Waals surface area contributed by atoms with E-state index in [0.29, 0.717) is 17.9 Å². The zero-order valence-corrected chi connectivity index (χ0v) is 14.1. The van der Waals surface area contributed by atoms with Crippen LogP contribution in [0.25, 0.3) is 5.65 Å². The van der Waals surface area contributed by atoms with Crippen LogP contribution in [0.4, 0.5) is 5.69 Å². The van der Waals surface area contributed by atoms with Gasteiger partial charge >= 0.3 is 0 Å². The molecule has 3 heterocycles. The first-order chi connectivity index (χ1) is 11.9. The second kappa shape index (κ2) is 5.68. The largest absolute Gasteiger partial charge is 0.365 e. The van der Waals surface area contributed by atoms with Gasteiger partial charge < -0.3 is 4.90 Å². The smallest absolute Gasteiger partial charge is 0.258 e. The molecular formula is C17H16N4O3S. The van der Waals surface area contributed by atoms with Crippen LogP contribution in [0.1, 0.15) is 11.3 Å². The number of pyridine rings is 1. The van der Waals surface area contributed by atoms with Gasteiger partial charge in [0.25, 0.3) is 5.56 Å². The number of anilines is 1. The van der Waals surface area contributed by atoms with Gasteiger partial charge in [-0.05, 0) is 42.3 Å². The van der Waals surface area contributed by atoms with Crippen molar-refractivity contribution in [3.05, 3.63) is 70.3 Å². The van der Waals surface area contributed by atoms with Gasteiger partial charge in [0.2, 0.25) is 10.0 Å². The summed E-state index contributed by atoms with van der Waals surface area (Å²) in [6.45, 7) is 1.22. The molecule has 1 aromatic carbocycles. The van der Waals surface area contributed by atoms with Crippen LogP contribution in [0.15, 0.2) is 58.4 Å². The molecule has 8 heteroatoms. The van der Waals surface area contributed by atoms with E-state index in [0.717, 1.165) is 24.2 Å². The molecular weight excluding hydrogens is 340 g/mol. The number of sulfonamides is 1. The van der Waals surface area contributed by atoms with E-state index in [1.54, 1.807) is 30.5 Å². The fourth-order valence-corrected chi connectivity index (χ4v) is 3.73. The molecule has 0 fully saturated rings. The van der Waals surface area contributed by atoms with E-state index in [1.165, 1.54) is 16.5 Å². The summed E-state index contributed by atoms with van der Waals surface area (Å²) in [7, 11) is -3.71. The van der Waals surface area contributed by atoms with Gasteiger partial charge in [-0.2, -0.15) is 0 Å². The summed E-state index contributed by atoms with van der Waals surface area (Å²) in [5.74, 6) is 0. The molecule has 0 spiro atoms. The minimum Gasteiger partial charge on any atom is -0.365 e. The van der Waals surface area contributed by atoms with E-state index < -0.39 is 10.0 Å². The highest BCUT2D eigenvalue weighted by molar-refractivity contribution is 7.89. The van der Waals surface area contributed by atoms with Crippen molar-refractivity contribution in [2.75, 3.05) is 11.4 Å². The summed E-state index contributed by atoms with van der Waals surface area (Å²) in [6, 6.07) is 11.8. The lowest BCUT2D eigenvalue weighted by atomic mass is 10.2. The molecule has 0 radical (unpaired) electrons. The molecule has 0 atom stereocenters. The van der Waals surface area contributed by atoms with Gasteiger partial charge in [0, 0.05) is 24.5 Å². The number of benzene rings is 1. The minimum atomic E-state index is -3.71. The van der Waals surface area contributed by atoms with Crippen molar-refractivity contribution in [3.8, 4) is 0 Å². The Hall–Kier alpha value is -2.71. The molecule has 0 aliphatic carbocycles. The average molecular weight is 356 g/mol. The summed E-state index contributed by atoms with van der Waals surface area (Å²) < 4.78 is 24.5. The van der Waals surface area contributed by atoms with Crippen molar-refractivity contribution in [3.63, 3.8) is 0 Å². The Morgan fingerprint density at radius 2 is 2.00 bits per heavy atom. The summed E-state index contributed by atoms with van der Waals surface area (Å²) in [5, 5.41) is 5.19. The Balaban J connectivity index is 1.67. The van der Waals surface area contributed by atoms with Crippen molar-refractivity contribution >= 4 is 21.4 Å². The van der Waals surface area contributed by atoms with Crippen molar-refractivity contribution in [1.82, 2.24) is 9.38 Å². The lowest BCUT2D eigenvalue weighted by Crippen LogP contribution is -2.23. The molecule has 1 aliphatic heterocycles. The van der Waals surface area contributed by atoms with E-state index >= 15 is 0 Å². The van der Waals surface area contributed by atoms with Gasteiger partial charge in [0.15, 0.2) is 0 Å². The highest BCUT2D eigenvalue weighted by Crippen LogP contribution is 2.30. The average Bonchev–Trinajstić information content (AvgIpc) is 2.96. The fourth-order valence-electron chi connectivity index (χ4n) is 3.17. The van der Waals surface area contributed by atoms with Gasteiger partial charge in [-0.15, -0.1) is 0 Å². The molecule has 2 aromatic heterocycles. The van der Waals surface area contributed by atoms with E-state index in [-0.39, 0.29) is 10.5 Å². The van der Waals surface area contributed by atoms with Crippen molar-refractivity contribution in [2.24, 2.45) is 5.14 Å². The fraction of sp³-hybridized carbons (Fsp3) is 0.176. The van der Waals surface area contributed by atoms with Gasteiger partial charge in [-0.25, -0.2) is 18.5 Å². The number of primary sulfonamides is 1. The number of hydrogen-bond acceptors (Lipinski definition) is 5. The van der Waals surface area contributed by atoms with Crippen LogP contribution in [0.2, 0.25) is 0 Å². The Morgan fingerprint density at radius 1 is 1.16 bits per heavy atom. The normalized spacial score (nSPS) is 14.0. The Labute approximate surface area is 144 Å². The first-order valence-electron chi connectivity index (χ1n) is 7.80. The van der Waals surface area contributed by atoms with Crippen molar-refractivity contribution < 1.29 is 8.42 Å². The van der Waals surface area contributed by atoms with Crippen LogP contribution >= 0.6 is 0 Å². The first kappa shape index (κ1) is 15.8. The number of hydrogen-bond donors (Lipinski definition) is 1. The lowest BCUT2D eigenvalue weighted by molar-refractivity contribution is 0.597. The maximum atomic E-state index is 12.2. The van der Waals surface area contributed by atoms with Gasteiger partial charge in [0.05, 0.1) is 17.1 Å². The molecule has 0 bridgehead atoms. The van der Waals surface area contributed by atoms with Crippen LogP contribution in [0, 0.1) is 0 Å². The number of nitrogens with zero attached hydrogens (tertiary/aromatic N) is 3.